The standard InChI is InChI=1S/C27H27N7O2S.C2HF3O2/c1-33(22-13-14-24-23(17-22)31-27(34(24)2)30-20-7-5-4-6-8-20)25-15-16-28-26(32-25)29-21-11-9-19(10-12-21)18-37(3,35)36;3-2(4,5)1(6)7/h4-17H,18H2,1-3H3,(H,30,31)(H,28,29,32);(H,6,7). The molecule has 5 rings (SSSR count). The fraction of sp³-hybridized carbons (Fsp3) is 0.172. The Balaban J connectivity index is 0.000000566. The lowest BCUT2D eigenvalue weighted by Gasteiger charge is -2.19. The summed E-state index contributed by atoms with van der Waals surface area (Å²) >= 11 is 0. The molecule has 0 aliphatic carbocycles. The van der Waals surface area contributed by atoms with E-state index in [2.05, 4.69) is 20.6 Å². The van der Waals surface area contributed by atoms with Gasteiger partial charge in [-0.2, -0.15) is 18.2 Å². The number of alkyl halides is 3. The number of rotatable bonds is 8. The van der Waals surface area contributed by atoms with Gasteiger partial charge in [-0.25, -0.2) is 23.2 Å². The molecule has 0 radical (unpaired) electrons. The van der Waals surface area contributed by atoms with Crippen LogP contribution in [0, 0.1) is 0 Å². The van der Waals surface area contributed by atoms with Crippen LogP contribution < -0.4 is 15.5 Å². The van der Waals surface area contributed by atoms with E-state index in [-0.39, 0.29) is 5.75 Å². The first-order chi connectivity index (χ1) is 20.7. The van der Waals surface area contributed by atoms with Crippen LogP contribution in [-0.2, 0) is 27.4 Å². The summed E-state index contributed by atoms with van der Waals surface area (Å²) in [5.41, 5.74) is 5.29. The second-order valence-corrected chi connectivity index (χ2v) is 11.8. The van der Waals surface area contributed by atoms with Crippen molar-refractivity contribution in [3.05, 3.63) is 90.6 Å². The molecule has 3 N–H and O–H groups in total. The van der Waals surface area contributed by atoms with E-state index in [0.29, 0.717) is 11.8 Å². The zero-order valence-electron chi connectivity index (χ0n) is 23.7. The number of nitrogens with one attached hydrogen (secondary N) is 2. The van der Waals surface area contributed by atoms with E-state index in [1.807, 2.05) is 90.3 Å². The van der Waals surface area contributed by atoms with Gasteiger partial charge in [0.2, 0.25) is 11.9 Å². The van der Waals surface area contributed by atoms with Crippen LogP contribution in [0.4, 0.5) is 47.9 Å². The van der Waals surface area contributed by atoms with Crippen LogP contribution in [0.5, 0.6) is 0 Å². The molecule has 0 spiro atoms. The number of nitrogens with zero attached hydrogens (tertiary/aromatic N) is 5. The number of aryl methyl sites for hydroxylation is 1. The molecule has 11 nitrogen and oxygen atoms in total. The fourth-order valence-corrected chi connectivity index (χ4v) is 4.80. The zero-order chi connectivity index (χ0) is 32.1. The maximum absolute atomic E-state index is 11.5. The summed E-state index contributed by atoms with van der Waals surface area (Å²) in [5, 5.41) is 13.7. The molecule has 0 unspecified atom stereocenters. The first-order valence-corrected chi connectivity index (χ1v) is 14.9. The summed E-state index contributed by atoms with van der Waals surface area (Å²) in [6.07, 6.45) is -2.17. The number of benzene rings is 3. The Labute approximate surface area is 250 Å². The monoisotopic (exact) mass is 627 g/mol. The van der Waals surface area contributed by atoms with Gasteiger partial charge < -0.3 is 25.2 Å². The lowest BCUT2D eigenvalue weighted by atomic mass is 10.2. The molecule has 0 bridgehead atoms. The molecule has 0 saturated heterocycles. The van der Waals surface area contributed by atoms with Crippen molar-refractivity contribution in [1.82, 2.24) is 19.5 Å². The van der Waals surface area contributed by atoms with E-state index in [9.17, 15) is 21.6 Å². The number of aromatic nitrogens is 4. The third kappa shape index (κ3) is 8.44. The predicted octanol–water partition coefficient (Wildman–Crippen LogP) is 5.80. The van der Waals surface area contributed by atoms with E-state index < -0.39 is 22.0 Å². The Hall–Kier alpha value is -5.18. The maximum Gasteiger partial charge on any atom is 0.490 e. The summed E-state index contributed by atoms with van der Waals surface area (Å²) in [5.74, 6) is -0.837. The summed E-state index contributed by atoms with van der Waals surface area (Å²) in [4.78, 5) is 24.6. The Morgan fingerprint density at radius 3 is 2.20 bits per heavy atom. The first kappa shape index (κ1) is 31.7. The van der Waals surface area contributed by atoms with Crippen LogP contribution in [0.1, 0.15) is 5.56 Å². The van der Waals surface area contributed by atoms with Crippen molar-refractivity contribution in [1.29, 1.82) is 0 Å². The number of carboxylic acids is 1. The first-order valence-electron chi connectivity index (χ1n) is 12.9. The molecule has 0 fully saturated rings. The third-order valence-corrected chi connectivity index (χ3v) is 7.01. The van der Waals surface area contributed by atoms with Crippen molar-refractivity contribution in [2.45, 2.75) is 11.9 Å². The molecule has 0 aliphatic heterocycles. The van der Waals surface area contributed by atoms with Gasteiger partial charge in [0.15, 0.2) is 9.84 Å². The number of imidazole rings is 1. The van der Waals surface area contributed by atoms with Gasteiger partial charge in [0.25, 0.3) is 0 Å². The number of para-hydroxylation sites is 1. The summed E-state index contributed by atoms with van der Waals surface area (Å²) in [7, 11) is 0.850. The van der Waals surface area contributed by atoms with Crippen molar-refractivity contribution < 1.29 is 31.5 Å². The highest BCUT2D eigenvalue weighted by Gasteiger charge is 2.38. The number of aliphatic carboxylic acids is 1. The average molecular weight is 628 g/mol. The highest BCUT2D eigenvalue weighted by Crippen LogP contribution is 2.29. The summed E-state index contributed by atoms with van der Waals surface area (Å²) in [6, 6.07) is 25.1. The third-order valence-electron chi connectivity index (χ3n) is 6.15. The smallest absolute Gasteiger partial charge is 0.475 e. The fourth-order valence-electron chi connectivity index (χ4n) is 4.00. The summed E-state index contributed by atoms with van der Waals surface area (Å²) < 4.78 is 56.8. The molecule has 2 heterocycles. The van der Waals surface area contributed by atoms with Crippen LogP contribution in [-0.4, -0.2) is 58.5 Å². The van der Waals surface area contributed by atoms with Crippen LogP contribution in [0.3, 0.4) is 0 Å². The minimum absolute atomic E-state index is 0.00842. The minimum atomic E-state index is -5.08. The van der Waals surface area contributed by atoms with E-state index >= 15 is 0 Å². The number of fused-ring (bicyclic) bond motifs is 1. The number of hydrogen-bond donors (Lipinski definition) is 3. The maximum atomic E-state index is 11.5. The van der Waals surface area contributed by atoms with Crippen LogP contribution in [0.2, 0.25) is 0 Å². The number of hydrogen-bond acceptors (Lipinski definition) is 9. The number of carbonyl (C=O) groups is 1. The van der Waals surface area contributed by atoms with Crippen LogP contribution in [0.25, 0.3) is 11.0 Å². The quantitative estimate of drug-likeness (QED) is 0.193. The molecule has 0 amide bonds. The van der Waals surface area contributed by atoms with Gasteiger partial charge in [-0.1, -0.05) is 30.3 Å². The highest BCUT2D eigenvalue weighted by atomic mass is 32.2. The number of halogens is 3. The van der Waals surface area contributed by atoms with Gasteiger partial charge in [-0.3, -0.25) is 0 Å². The van der Waals surface area contributed by atoms with Crippen molar-refractivity contribution in [2.75, 3.05) is 28.8 Å². The molecule has 5 aromatic rings. The minimum Gasteiger partial charge on any atom is -0.475 e. The van der Waals surface area contributed by atoms with Gasteiger partial charge in [0, 0.05) is 43.6 Å². The molecule has 3 aromatic carbocycles. The Bertz CT molecular complexity index is 1860. The molecular formula is C29H28F3N7O4S. The molecular weight excluding hydrogens is 599 g/mol. The van der Waals surface area contributed by atoms with Gasteiger partial charge in [0.1, 0.15) is 5.82 Å². The van der Waals surface area contributed by atoms with Crippen molar-refractivity contribution in [3.8, 4) is 0 Å². The predicted molar refractivity (Wildman–Crippen MR) is 162 cm³/mol. The molecule has 0 atom stereocenters. The van der Waals surface area contributed by atoms with Crippen molar-refractivity contribution >= 4 is 61.6 Å². The van der Waals surface area contributed by atoms with Gasteiger partial charge in [-0.05, 0) is 54.1 Å². The molecule has 230 valence electrons. The van der Waals surface area contributed by atoms with Crippen molar-refractivity contribution in [2.24, 2.45) is 7.05 Å². The van der Waals surface area contributed by atoms with E-state index in [4.69, 9.17) is 14.9 Å². The molecule has 2 aromatic heterocycles. The molecule has 15 heteroatoms. The molecule has 0 saturated carbocycles. The van der Waals surface area contributed by atoms with Crippen LogP contribution >= 0.6 is 0 Å². The number of anilines is 6. The van der Waals surface area contributed by atoms with E-state index in [1.165, 1.54) is 6.26 Å². The number of carboxylic acid groups (broad SMARTS) is 1. The SMILES string of the molecule is CN(c1ccc2c(c1)nc(Nc1ccccc1)n2C)c1ccnc(Nc2ccc(CS(C)(=O)=O)cc2)n1.O=C(O)C(F)(F)F. The normalized spacial score (nSPS) is 11.4. The number of sulfone groups is 1. The Morgan fingerprint density at radius 1 is 0.955 bits per heavy atom. The van der Waals surface area contributed by atoms with Crippen LogP contribution in [0.15, 0.2) is 85.1 Å². The largest absolute Gasteiger partial charge is 0.490 e. The molecule has 0 aliphatic rings. The molecule has 44 heavy (non-hydrogen) atoms. The Kier molecular flexibility index (Phi) is 9.37. The second kappa shape index (κ2) is 13.0. The topological polar surface area (TPSA) is 142 Å². The lowest BCUT2D eigenvalue weighted by molar-refractivity contribution is -0.192. The second-order valence-electron chi connectivity index (χ2n) is 9.65. The summed E-state index contributed by atoms with van der Waals surface area (Å²) in [6.45, 7) is 0. The van der Waals surface area contributed by atoms with Gasteiger partial charge in [0.05, 0.1) is 16.8 Å². The van der Waals surface area contributed by atoms with Crippen molar-refractivity contribution in [3.63, 3.8) is 0 Å². The van der Waals surface area contributed by atoms with E-state index in [1.54, 1.807) is 18.3 Å². The van der Waals surface area contributed by atoms with E-state index in [0.717, 1.165) is 39.6 Å². The van der Waals surface area contributed by atoms with Gasteiger partial charge >= 0.3 is 12.1 Å². The zero-order valence-corrected chi connectivity index (χ0v) is 24.6. The highest BCUT2D eigenvalue weighted by molar-refractivity contribution is 7.89. The Morgan fingerprint density at radius 2 is 1.59 bits per heavy atom. The van der Waals surface area contributed by atoms with Gasteiger partial charge in [-0.15, -0.1) is 0 Å². The average Bonchev–Trinajstić information content (AvgIpc) is 3.27. The lowest BCUT2D eigenvalue weighted by Crippen LogP contribution is -2.21.